The van der Waals surface area contributed by atoms with Gasteiger partial charge in [0.1, 0.15) is 0 Å². The average Bonchev–Trinajstić information content (AvgIpc) is 3.11. The smallest absolute Gasteiger partial charge is 0.250 e. The molecule has 0 unspecified atom stereocenters. The monoisotopic (exact) mass is 428 g/mol. The molecular formula is C25H24N4OS. The molecule has 1 N–H and O–H groups in total. The molecule has 3 aromatic carbocycles. The predicted molar refractivity (Wildman–Crippen MR) is 128 cm³/mol. The van der Waals surface area contributed by atoms with E-state index in [1.807, 2.05) is 49.4 Å². The van der Waals surface area contributed by atoms with Crippen LogP contribution in [0.15, 0.2) is 83.1 Å². The third-order valence-corrected chi connectivity index (χ3v) is 5.83. The van der Waals surface area contributed by atoms with Crippen LogP contribution in [0.25, 0.3) is 11.0 Å². The second-order valence-corrected chi connectivity index (χ2v) is 8.39. The lowest BCUT2D eigenvalue weighted by molar-refractivity contribution is -0.118. The Labute approximate surface area is 186 Å². The summed E-state index contributed by atoms with van der Waals surface area (Å²) in [6, 6.07) is 24.5. The summed E-state index contributed by atoms with van der Waals surface area (Å²) in [6.45, 7) is 4.81. The van der Waals surface area contributed by atoms with Crippen LogP contribution in [0, 0.1) is 13.8 Å². The number of carbonyl (C=O) groups excluding carboxylic acids is 1. The number of aromatic nitrogens is 2. The fourth-order valence-corrected chi connectivity index (χ4v) is 4.09. The number of hydrogen-bond donors (Lipinski definition) is 1. The van der Waals surface area contributed by atoms with Crippen LogP contribution in [0.5, 0.6) is 0 Å². The molecule has 0 spiro atoms. The van der Waals surface area contributed by atoms with Crippen molar-refractivity contribution < 1.29 is 4.79 Å². The third-order valence-electron chi connectivity index (χ3n) is 4.86. The molecule has 1 aromatic heterocycles. The lowest BCUT2D eigenvalue weighted by Gasteiger charge is -2.09. The van der Waals surface area contributed by atoms with E-state index >= 15 is 0 Å². The molecule has 4 aromatic rings. The third kappa shape index (κ3) is 5.41. The molecule has 0 radical (unpaired) electrons. The molecule has 0 saturated carbocycles. The van der Waals surface area contributed by atoms with E-state index in [-0.39, 0.29) is 11.7 Å². The quantitative estimate of drug-likeness (QED) is 0.258. The van der Waals surface area contributed by atoms with Gasteiger partial charge in [-0.2, -0.15) is 5.10 Å². The molecule has 0 aliphatic rings. The zero-order valence-corrected chi connectivity index (χ0v) is 18.4. The normalized spacial score (nSPS) is 11.3. The first-order valence-electron chi connectivity index (χ1n) is 10.1. The molecule has 1 heterocycles. The Hall–Kier alpha value is -3.38. The number of hydrazone groups is 1. The summed E-state index contributed by atoms with van der Waals surface area (Å²) in [6.07, 6.45) is 1.65. The number of thioether (sulfide) groups is 1. The number of nitrogens with one attached hydrogen (secondary N) is 1. The van der Waals surface area contributed by atoms with E-state index < -0.39 is 0 Å². The molecule has 4 rings (SSSR count). The highest BCUT2D eigenvalue weighted by atomic mass is 32.2. The first-order chi connectivity index (χ1) is 15.1. The molecule has 1 amide bonds. The molecule has 0 bridgehead atoms. The number of hydrogen-bond acceptors (Lipinski definition) is 4. The molecule has 0 atom stereocenters. The number of para-hydroxylation sites is 2. The largest absolute Gasteiger partial charge is 0.314 e. The van der Waals surface area contributed by atoms with Crippen molar-refractivity contribution in [1.82, 2.24) is 15.0 Å². The molecule has 5 nitrogen and oxygen atoms in total. The minimum Gasteiger partial charge on any atom is -0.314 e. The maximum atomic E-state index is 12.3. The van der Waals surface area contributed by atoms with Gasteiger partial charge in [-0.05, 0) is 37.1 Å². The summed E-state index contributed by atoms with van der Waals surface area (Å²) < 4.78 is 2.16. The standard InChI is InChI=1S/C25H24N4OS/c1-18-10-12-20(13-11-18)16-29-23-9-4-3-8-22(23)27-25(29)31-17-24(30)28-26-15-21-7-5-6-19(2)14-21/h3-15H,16-17H2,1-2H3,(H,28,30)/b26-15+. The minimum atomic E-state index is -0.164. The van der Waals surface area contributed by atoms with Gasteiger partial charge >= 0.3 is 0 Å². The highest BCUT2D eigenvalue weighted by molar-refractivity contribution is 7.99. The van der Waals surface area contributed by atoms with Crippen LogP contribution in [-0.4, -0.2) is 27.4 Å². The topological polar surface area (TPSA) is 59.3 Å². The highest BCUT2D eigenvalue weighted by Gasteiger charge is 2.13. The molecule has 0 aliphatic carbocycles. The Kier molecular flexibility index (Phi) is 6.48. The van der Waals surface area contributed by atoms with Crippen molar-refractivity contribution in [3.05, 3.63) is 95.1 Å². The fraction of sp³-hybridized carbons (Fsp3) is 0.160. The van der Waals surface area contributed by atoms with Gasteiger partial charge in [-0.3, -0.25) is 4.79 Å². The Morgan fingerprint density at radius 2 is 1.84 bits per heavy atom. The first kappa shape index (κ1) is 20.9. The van der Waals surface area contributed by atoms with Gasteiger partial charge in [0, 0.05) is 0 Å². The van der Waals surface area contributed by atoms with E-state index in [9.17, 15) is 4.79 Å². The fourth-order valence-electron chi connectivity index (χ4n) is 3.28. The Morgan fingerprint density at radius 3 is 2.65 bits per heavy atom. The van der Waals surface area contributed by atoms with Gasteiger partial charge in [-0.1, -0.05) is 83.6 Å². The van der Waals surface area contributed by atoms with Crippen molar-refractivity contribution in [2.24, 2.45) is 5.10 Å². The van der Waals surface area contributed by atoms with Crippen LogP contribution < -0.4 is 5.43 Å². The van der Waals surface area contributed by atoms with Crippen molar-refractivity contribution in [3.8, 4) is 0 Å². The first-order valence-corrected chi connectivity index (χ1v) is 11.1. The lowest BCUT2D eigenvalue weighted by atomic mass is 10.1. The Bertz CT molecular complexity index is 1230. The van der Waals surface area contributed by atoms with E-state index in [1.54, 1.807) is 6.21 Å². The average molecular weight is 429 g/mol. The Morgan fingerprint density at radius 1 is 1.03 bits per heavy atom. The van der Waals surface area contributed by atoms with Gasteiger partial charge in [-0.15, -0.1) is 0 Å². The van der Waals surface area contributed by atoms with Crippen molar-refractivity contribution >= 4 is 34.9 Å². The second kappa shape index (κ2) is 9.62. The van der Waals surface area contributed by atoms with Gasteiger partial charge < -0.3 is 4.57 Å². The zero-order valence-electron chi connectivity index (χ0n) is 17.6. The van der Waals surface area contributed by atoms with Gasteiger partial charge in [0.15, 0.2) is 5.16 Å². The van der Waals surface area contributed by atoms with Crippen LogP contribution in [-0.2, 0) is 11.3 Å². The number of fused-ring (bicyclic) bond motifs is 1. The van der Waals surface area contributed by atoms with Crippen LogP contribution in [0.4, 0.5) is 0 Å². The van der Waals surface area contributed by atoms with Crippen molar-refractivity contribution in [3.63, 3.8) is 0 Å². The maximum Gasteiger partial charge on any atom is 0.250 e. The molecule has 6 heteroatoms. The summed E-state index contributed by atoms with van der Waals surface area (Å²) in [5.41, 5.74) is 9.12. The number of carbonyl (C=O) groups is 1. The predicted octanol–water partition coefficient (Wildman–Crippen LogP) is 4.94. The molecular weight excluding hydrogens is 404 g/mol. The number of imidazole rings is 1. The van der Waals surface area contributed by atoms with Crippen LogP contribution in [0.2, 0.25) is 0 Å². The van der Waals surface area contributed by atoms with E-state index in [0.29, 0.717) is 6.54 Å². The van der Waals surface area contributed by atoms with Crippen molar-refractivity contribution in [2.45, 2.75) is 25.5 Å². The minimum absolute atomic E-state index is 0.164. The number of nitrogens with zero attached hydrogens (tertiary/aromatic N) is 3. The van der Waals surface area contributed by atoms with Crippen molar-refractivity contribution in [1.29, 1.82) is 0 Å². The van der Waals surface area contributed by atoms with Gasteiger partial charge in [0.05, 0.1) is 29.5 Å². The summed E-state index contributed by atoms with van der Waals surface area (Å²) >= 11 is 1.42. The SMILES string of the molecule is Cc1ccc(Cn2c(SCC(=O)N/N=C/c3cccc(C)c3)nc3ccccc32)cc1. The summed E-state index contributed by atoms with van der Waals surface area (Å²) in [7, 11) is 0. The van der Waals surface area contributed by atoms with Gasteiger partial charge in [-0.25, -0.2) is 10.4 Å². The summed E-state index contributed by atoms with van der Waals surface area (Å²) in [5.74, 6) is 0.0744. The molecule has 0 saturated heterocycles. The van der Waals surface area contributed by atoms with Crippen LogP contribution in [0.1, 0.15) is 22.3 Å². The molecule has 0 fully saturated rings. The highest BCUT2D eigenvalue weighted by Crippen LogP contribution is 2.25. The molecule has 156 valence electrons. The zero-order chi connectivity index (χ0) is 21.6. The van der Waals surface area contributed by atoms with E-state index in [4.69, 9.17) is 4.98 Å². The lowest BCUT2D eigenvalue weighted by Crippen LogP contribution is -2.20. The second-order valence-electron chi connectivity index (χ2n) is 7.45. The maximum absolute atomic E-state index is 12.3. The molecule has 0 aliphatic heterocycles. The van der Waals surface area contributed by atoms with E-state index in [2.05, 4.69) is 52.3 Å². The number of benzene rings is 3. The van der Waals surface area contributed by atoms with Gasteiger partial charge in [0.2, 0.25) is 0 Å². The van der Waals surface area contributed by atoms with Gasteiger partial charge in [0.25, 0.3) is 5.91 Å². The van der Waals surface area contributed by atoms with Crippen molar-refractivity contribution in [2.75, 3.05) is 5.75 Å². The number of rotatable bonds is 7. The summed E-state index contributed by atoms with van der Waals surface area (Å²) in [4.78, 5) is 17.1. The van der Waals surface area contributed by atoms with E-state index in [0.717, 1.165) is 27.3 Å². The van der Waals surface area contributed by atoms with Crippen LogP contribution in [0.3, 0.4) is 0 Å². The summed E-state index contributed by atoms with van der Waals surface area (Å²) in [5, 5.41) is 4.89. The number of aryl methyl sites for hydroxylation is 2. The van der Waals surface area contributed by atoms with E-state index in [1.165, 1.54) is 22.9 Å². The number of amides is 1. The molecule has 31 heavy (non-hydrogen) atoms. The Balaban J connectivity index is 1.45. The van der Waals surface area contributed by atoms with Crippen LogP contribution >= 0.6 is 11.8 Å².